The van der Waals surface area contributed by atoms with Crippen molar-refractivity contribution in [3.8, 4) is 10.4 Å². The van der Waals surface area contributed by atoms with Crippen LogP contribution in [0, 0.1) is 0 Å². The van der Waals surface area contributed by atoms with Crippen molar-refractivity contribution in [3.05, 3.63) is 51.9 Å². The van der Waals surface area contributed by atoms with Crippen LogP contribution in [-0.4, -0.2) is 11.1 Å². The zero-order valence-electron chi connectivity index (χ0n) is 10.3. The molecule has 0 aliphatic heterocycles. The van der Waals surface area contributed by atoms with Crippen molar-refractivity contribution < 1.29 is 23.1 Å². The van der Waals surface area contributed by atoms with E-state index in [0.717, 1.165) is 18.2 Å². The Hall–Kier alpha value is -1.79. The Balaban J connectivity index is 2.33. The van der Waals surface area contributed by atoms with Gasteiger partial charge >= 0.3 is 12.1 Å². The molecule has 2 rings (SSSR count). The minimum absolute atomic E-state index is 0.000407. The lowest BCUT2D eigenvalue weighted by molar-refractivity contribution is -0.137. The van der Waals surface area contributed by atoms with Crippen molar-refractivity contribution in [2.45, 2.75) is 6.18 Å². The van der Waals surface area contributed by atoms with Crippen LogP contribution in [0.1, 0.15) is 10.4 Å². The minimum Gasteiger partial charge on any atom is -0.478 e. The summed E-state index contributed by atoms with van der Waals surface area (Å²) >= 11 is 7.14. The Labute approximate surface area is 127 Å². The standard InChI is InChI=1S/C14H8ClF3O2S/c15-11-7-8(14(16,17)18)1-4-10(11)12-5-2-9(21-12)3-6-13(19)20/h1-7H,(H,19,20). The van der Waals surface area contributed by atoms with Crippen LogP contribution in [-0.2, 0) is 11.0 Å². The predicted octanol–water partition coefficient (Wildman–Crippen LogP) is 5.19. The molecule has 0 saturated heterocycles. The highest BCUT2D eigenvalue weighted by Crippen LogP contribution is 2.38. The maximum absolute atomic E-state index is 12.6. The van der Waals surface area contributed by atoms with Crippen LogP contribution in [0.4, 0.5) is 13.2 Å². The van der Waals surface area contributed by atoms with E-state index in [1.165, 1.54) is 23.5 Å². The molecule has 7 heteroatoms. The van der Waals surface area contributed by atoms with E-state index in [1.807, 2.05) is 0 Å². The van der Waals surface area contributed by atoms with Gasteiger partial charge in [0, 0.05) is 26.4 Å². The second kappa shape index (κ2) is 5.91. The Morgan fingerprint density at radius 3 is 2.52 bits per heavy atom. The van der Waals surface area contributed by atoms with Gasteiger partial charge in [-0.1, -0.05) is 17.7 Å². The van der Waals surface area contributed by atoms with E-state index in [-0.39, 0.29) is 5.02 Å². The summed E-state index contributed by atoms with van der Waals surface area (Å²) in [5, 5.41) is 8.54. The quantitative estimate of drug-likeness (QED) is 0.786. The first kappa shape index (κ1) is 15.6. The summed E-state index contributed by atoms with van der Waals surface area (Å²) in [6, 6.07) is 6.51. The second-order valence-corrected chi connectivity index (χ2v) is 5.59. The molecule has 0 fully saturated rings. The molecular weight excluding hydrogens is 325 g/mol. The number of hydrogen-bond donors (Lipinski definition) is 1. The predicted molar refractivity (Wildman–Crippen MR) is 76.4 cm³/mol. The number of carboxylic acid groups (broad SMARTS) is 1. The molecule has 1 aromatic carbocycles. The number of benzene rings is 1. The minimum atomic E-state index is -4.44. The van der Waals surface area contributed by atoms with E-state index >= 15 is 0 Å². The monoisotopic (exact) mass is 332 g/mol. The fourth-order valence-corrected chi connectivity index (χ4v) is 2.92. The van der Waals surface area contributed by atoms with Crippen LogP contribution in [0.2, 0.25) is 5.02 Å². The molecule has 0 saturated carbocycles. The zero-order chi connectivity index (χ0) is 15.6. The normalized spacial score (nSPS) is 12.0. The molecule has 0 atom stereocenters. The van der Waals surface area contributed by atoms with Crippen molar-refractivity contribution >= 4 is 35.0 Å². The Bertz CT molecular complexity index is 704. The Morgan fingerprint density at radius 1 is 1.24 bits per heavy atom. The van der Waals surface area contributed by atoms with Crippen LogP contribution in [0.25, 0.3) is 16.5 Å². The fourth-order valence-electron chi connectivity index (χ4n) is 1.63. The lowest BCUT2D eigenvalue weighted by Crippen LogP contribution is -2.04. The van der Waals surface area contributed by atoms with Gasteiger partial charge in [0.25, 0.3) is 0 Å². The van der Waals surface area contributed by atoms with Crippen LogP contribution < -0.4 is 0 Å². The van der Waals surface area contributed by atoms with E-state index in [1.54, 1.807) is 12.1 Å². The van der Waals surface area contributed by atoms with E-state index in [4.69, 9.17) is 16.7 Å². The highest BCUT2D eigenvalue weighted by molar-refractivity contribution is 7.16. The molecule has 1 N–H and O–H groups in total. The number of rotatable bonds is 3. The first-order valence-corrected chi connectivity index (χ1v) is 6.85. The summed E-state index contributed by atoms with van der Waals surface area (Å²) in [5.41, 5.74) is -0.330. The molecule has 2 aromatic rings. The molecule has 0 amide bonds. The summed E-state index contributed by atoms with van der Waals surface area (Å²) in [6.07, 6.45) is -2.04. The molecule has 0 aliphatic rings. The fraction of sp³-hybridized carbons (Fsp3) is 0.0714. The third-order valence-corrected chi connectivity index (χ3v) is 3.98. The SMILES string of the molecule is O=C(O)C=Cc1ccc(-c2ccc(C(F)(F)F)cc2Cl)s1. The molecule has 0 bridgehead atoms. The number of thiophene rings is 1. The van der Waals surface area contributed by atoms with E-state index in [2.05, 4.69) is 0 Å². The summed E-state index contributed by atoms with van der Waals surface area (Å²) in [7, 11) is 0. The van der Waals surface area contributed by atoms with Gasteiger partial charge in [-0.05, 0) is 30.3 Å². The molecule has 0 aliphatic carbocycles. The summed E-state index contributed by atoms with van der Waals surface area (Å²) < 4.78 is 37.7. The summed E-state index contributed by atoms with van der Waals surface area (Å²) in [4.78, 5) is 11.8. The molecule has 0 unspecified atom stereocenters. The molecule has 110 valence electrons. The van der Waals surface area contributed by atoms with Crippen molar-refractivity contribution in [2.75, 3.05) is 0 Å². The highest BCUT2D eigenvalue weighted by Gasteiger charge is 2.31. The van der Waals surface area contributed by atoms with Crippen molar-refractivity contribution in [3.63, 3.8) is 0 Å². The summed E-state index contributed by atoms with van der Waals surface area (Å²) in [5.74, 6) is -1.07. The van der Waals surface area contributed by atoms with Crippen molar-refractivity contribution in [1.82, 2.24) is 0 Å². The molecule has 0 radical (unpaired) electrons. The van der Waals surface area contributed by atoms with Gasteiger partial charge in [-0.25, -0.2) is 4.79 Å². The number of aliphatic carboxylic acids is 1. The molecule has 2 nitrogen and oxygen atoms in total. The van der Waals surface area contributed by atoms with Crippen LogP contribution >= 0.6 is 22.9 Å². The van der Waals surface area contributed by atoms with Gasteiger partial charge in [-0.15, -0.1) is 11.3 Å². The lowest BCUT2D eigenvalue weighted by atomic mass is 10.1. The third kappa shape index (κ3) is 3.86. The summed E-state index contributed by atoms with van der Waals surface area (Å²) in [6.45, 7) is 0. The lowest BCUT2D eigenvalue weighted by Gasteiger charge is -2.08. The molecular formula is C14H8ClF3O2S. The molecule has 21 heavy (non-hydrogen) atoms. The number of alkyl halides is 3. The maximum Gasteiger partial charge on any atom is 0.416 e. The van der Waals surface area contributed by atoms with E-state index < -0.39 is 17.7 Å². The van der Waals surface area contributed by atoms with Crippen molar-refractivity contribution in [1.29, 1.82) is 0 Å². The van der Waals surface area contributed by atoms with Gasteiger partial charge in [-0.3, -0.25) is 0 Å². The topological polar surface area (TPSA) is 37.3 Å². The number of halogens is 4. The second-order valence-electron chi connectivity index (χ2n) is 4.07. The number of hydrogen-bond acceptors (Lipinski definition) is 2. The zero-order valence-corrected chi connectivity index (χ0v) is 11.9. The third-order valence-electron chi connectivity index (χ3n) is 2.58. The largest absolute Gasteiger partial charge is 0.478 e. The van der Waals surface area contributed by atoms with E-state index in [9.17, 15) is 18.0 Å². The van der Waals surface area contributed by atoms with Gasteiger partial charge in [0.15, 0.2) is 0 Å². The Kier molecular flexibility index (Phi) is 4.39. The first-order valence-electron chi connectivity index (χ1n) is 5.65. The van der Waals surface area contributed by atoms with Gasteiger partial charge in [0.1, 0.15) is 0 Å². The van der Waals surface area contributed by atoms with Gasteiger partial charge in [-0.2, -0.15) is 13.2 Å². The Morgan fingerprint density at radius 2 is 1.95 bits per heavy atom. The maximum atomic E-state index is 12.6. The van der Waals surface area contributed by atoms with E-state index in [0.29, 0.717) is 15.3 Å². The highest BCUT2D eigenvalue weighted by atomic mass is 35.5. The average Bonchev–Trinajstić information content (AvgIpc) is 2.83. The molecule has 0 spiro atoms. The van der Waals surface area contributed by atoms with Gasteiger partial charge < -0.3 is 5.11 Å². The number of carbonyl (C=O) groups is 1. The first-order chi connectivity index (χ1) is 9.77. The van der Waals surface area contributed by atoms with Crippen LogP contribution in [0.15, 0.2) is 36.4 Å². The number of carboxylic acids is 1. The van der Waals surface area contributed by atoms with Crippen molar-refractivity contribution in [2.24, 2.45) is 0 Å². The van der Waals surface area contributed by atoms with Crippen LogP contribution in [0.5, 0.6) is 0 Å². The smallest absolute Gasteiger partial charge is 0.416 e. The molecule has 1 aromatic heterocycles. The molecule has 1 heterocycles. The average molecular weight is 333 g/mol. The van der Waals surface area contributed by atoms with Crippen LogP contribution in [0.3, 0.4) is 0 Å². The van der Waals surface area contributed by atoms with Gasteiger partial charge in [0.05, 0.1) is 5.56 Å². The van der Waals surface area contributed by atoms with Gasteiger partial charge in [0.2, 0.25) is 0 Å².